The average molecular weight is 583 g/mol. The van der Waals surface area contributed by atoms with E-state index in [9.17, 15) is 31.1 Å². The quantitative estimate of drug-likeness (QED) is 0.373. The molecule has 2 aliphatic rings. The number of alkyl halides is 6. The van der Waals surface area contributed by atoms with Crippen molar-refractivity contribution in [3.05, 3.63) is 70.7 Å². The zero-order chi connectivity index (χ0) is 29.8. The Morgan fingerprint density at radius 1 is 1.02 bits per heavy atom. The van der Waals surface area contributed by atoms with Gasteiger partial charge in [-0.05, 0) is 42.0 Å². The Bertz CT molecular complexity index is 1440. The first-order chi connectivity index (χ1) is 19.3. The van der Waals surface area contributed by atoms with Gasteiger partial charge in [0.1, 0.15) is 0 Å². The van der Waals surface area contributed by atoms with Crippen LogP contribution in [0.25, 0.3) is 23.4 Å². The summed E-state index contributed by atoms with van der Waals surface area (Å²) < 4.78 is 78.5. The number of aliphatic carboxylic acids is 1. The van der Waals surface area contributed by atoms with Crippen LogP contribution < -0.4 is 10.2 Å². The third-order valence-corrected chi connectivity index (χ3v) is 6.29. The van der Waals surface area contributed by atoms with Gasteiger partial charge in [-0.3, -0.25) is 9.78 Å². The molecule has 8 nitrogen and oxygen atoms in total. The number of hydrogen-bond acceptors (Lipinski definition) is 5. The SMILES string of the molecule is O=C(O)C(F)(F)F.O=C1NCCc2[nH]c(-c3ccnc(C=Cc4ccc(N5CCOCC5)cc4C(F)(F)F)c3)cc21. The first kappa shape index (κ1) is 29.6. The lowest BCUT2D eigenvalue weighted by molar-refractivity contribution is -0.192. The van der Waals surface area contributed by atoms with E-state index in [0.717, 1.165) is 23.4 Å². The number of carboxylic acids is 1. The molecule has 0 aliphatic carbocycles. The Morgan fingerprint density at radius 3 is 2.37 bits per heavy atom. The van der Waals surface area contributed by atoms with Crippen molar-refractivity contribution in [2.75, 3.05) is 37.7 Å². The van der Waals surface area contributed by atoms with Crippen molar-refractivity contribution in [3.8, 4) is 11.3 Å². The number of anilines is 1. The molecule has 1 fully saturated rings. The monoisotopic (exact) mass is 582 g/mol. The fourth-order valence-electron chi connectivity index (χ4n) is 4.28. The van der Waals surface area contributed by atoms with E-state index in [1.54, 1.807) is 36.5 Å². The number of aromatic nitrogens is 2. The predicted octanol–water partition coefficient (Wildman–Crippen LogP) is 5.02. The number of fused-ring (bicyclic) bond motifs is 1. The second-order valence-electron chi connectivity index (χ2n) is 9.06. The topological polar surface area (TPSA) is 108 Å². The number of aromatic amines is 1. The largest absolute Gasteiger partial charge is 0.490 e. The molecule has 5 rings (SSSR count). The Labute approximate surface area is 229 Å². The van der Waals surface area contributed by atoms with Crippen molar-refractivity contribution in [3.63, 3.8) is 0 Å². The zero-order valence-electron chi connectivity index (χ0n) is 21.3. The summed E-state index contributed by atoms with van der Waals surface area (Å²) in [5.74, 6) is -2.87. The molecule has 1 saturated heterocycles. The standard InChI is InChI=1S/C25H23F3N4O2.C2HF3O2/c26-25(27,28)21-14-19(32-9-11-34-12-10-32)4-2-16(21)1-3-18-13-17(5-7-29-18)23-15-20-22(31-23)6-8-30-24(20)33;3-2(4,5)1(6)7/h1-5,7,13-15,31H,6,8-12H2,(H,30,33);(H,6,7). The highest BCUT2D eigenvalue weighted by atomic mass is 19.4. The molecule has 4 heterocycles. The molecule has 0 unspecified atom stereocenters. The molecule has 2 aromatic heterocycles. The van der Waals surface area contributed by atoms with E-state index < -0.39 is 23.9 Å². The van der Waals surface area contributed by atoms with Crippen molar-refractivity contribution >= 4 is 29.7 Å². The van der Waals surface area contributed by atoms with Gasteiger partial charge in [-0.1, -0.05) is 12.1 Å². The third kappa shape index (κ3) is 7.45. The minimum Gasteiger partial charge on any atom is -0.475 e. The smallest absolute Gasteiger partial charge is 0.475 e. The van der Waals surface area contributed by atoms with E-state index >= 15 is 0 Å². The fourth-order valence-corrected chi connectivity index (χ4v) is 4.28. The van der Waals surface area contributed by atoms with E-state index in [1.807, 2.05) is 4.90 Å². The second-order valence-corrected chi connectivity index (χ2v) is 9.06. The molecule has 2 aliphatic heterocycles. The van der Waals surface area contributed by atoms with Gasteiger partial charge >= 0.3 is 18.3 Å². The number of H-pyrrole nitrogens is 1. The number of nitrogens with zero attached hydrogens (tertiary/aromatic N) is 2. The maximum Gasteiger partial charge on any atom is 0.490 e. The van der Waals surface area contributed by atoms with E-state index in [4.69, 9.17) is 14.6 Å². The number of hydrogen-bond donors (Lipinski definition) is 3. The number of carboxylic acid groups (broad SMARTS) is 1. The summed E-state index contributed by atoms with van der Waals surface area (Å²) in [4.78, 5) is 30.4. The van der Waals surface area contributed by atoms with E-state index in [0.29, 0.717) is 49.8 Å². The molecular formula is C27H24F6N4O4. The summed E-state index contributed by atoms with van der Waals surface area (Å²) in [6.07, 6.45) is -4.24. The van der Waals surface area contributed by atoms with Crippen molar-refractivity contribution < 1.29 is 45.8 Å². The fraction of sp³-hybridized carbons (Fsp3) is 0.296. The summed E-state index contributed by atoms with van der Waals surface area (Å²) in [6, 6.07) is 9.76. The molecule has 41 heavy (non-hydrogen) atoms. The van der Waals surface area contributed by atoms with Gasteiger partial charge in [0.2, 0.25) is 0 Å². The van der Waals surface area contributed by atoms with Crippen molar-refractivity contribution in [1.82, 2.24) is 15.3 Å². The molecule has 0 atom stereocenters. The number of pyridine rings is 1. The Hall–Kier alpha value is -4.33. The van der Waals surface area contributed by atoms with Gasteiger partial charge in [-0.25, -0.2) is 4.79 Å². The summed E-state index contributed by atoms with van der Waals surface area (Å²) in [5.41, 5.74) is 3.50. The maximum absolute atomic E-state index is 13.8. The van der Waals surface area contributed by atoms with Crippen LogP contribution >= 0.6 is 0 Å². The number of benzene rings is 1. The molecule has 1 aromatic carbocycles. The Balaban J connectivity index is 0.000000493. The highest BCUT2D eigenvalue weighted by molar-refractivity contribution is 5.97. The normalized spacial score (nSPS) is 15.7. The lowest BCUT2D eigenvalue weighted by atomic mass is 10.0. The minimum absolute atomic E-state index is 0.0729. The van der Waals surface area contributed by atoms with E-state index in [1.165, 1.54) is 18.2 Å². The molecule has 0 spiro atoms. The highest BCUT2D eigenvalue weighted by Gasteiger charge is 2.38. The molecule has 3 N–H and O–H groups in total. The second kappa shape index (κ2) is 12.0. The Morgan fingerprint density at radius 2 is 1.73 bits per heavy atom. The molecule has 0 radical (unpaired) electrons. The Kier molecular flexibility index (Phi) is 8.71. The van der Waals surface area contributed by atoms with Gasteiger partial charge in [0.15, 0.2) is 0 Å². The van der Waals surface area contributed by atoms with E-state index in [-0.39, 0.29) is 11.5 Å². The minimum atomic E-state index is -5.08. The van der Waals surface area contributed by atoms with Crippen molar-refractivity contribution in [1.29, 1.82) is 0 Å². The van der Waals surface area contributed by atoms with Gasteiger partial charge in [-0.15, -0.1) is 0 Å². The number of amides is 1. The zero-order valence-corrected chi connectivity index (χ0v) is 21.3. The number of rotatable bonds is 4. The molecule has 218 valence electrons. The molecule has 14 heteroatoms. The maximum atomic E-state index is 13.8. The van der Waals surface area contributed by atoms with Crippen LogP contribution in [0.15, 0.2) is 42.6 Å². The van der Waals surface area contributed by atoms with Crippen LogP contribution in [-0.2, 0) is 22.1 Å². The molecular weight excluding hydrogens is 558 g/mol. The summed E-state index contributed by atoms with van der Waals surface area (Å²) in [6.45, 7) is 2.71. The average Bonchev–Trinajstić information content (AvgIpc) is 3.38. The lowest BCUT2D eigenvalue weighted by Gasteiger charge is -2.29. The molecule has 0 saturated carbocycles. The van der Waals surface area contributed by atoms with Gasteiger partial charge in [0.05, 0.1) is 30.0 Å². The van der Waals surface area contributed by atoms with Crippen molar-refractivity contribution in [2.24, 2.45) is 0 Å². The summed E-state index contributed by atoms with van der Waals surface area (Å²) in [7, 11) is 0. The third-order valence-electron chi connectivity index (χ3n) is 6.29. The van der Waals surface area contributed by atoms with Gasteiger partial charge < -0.3 is 25.0 Å². The summed E-state index contributed by atoms with van der Waals surface area (Å²) in [5, 5.41) is 9.94. The number of nitrogens with one attached hydrogen (secondary N) is 2. The summed E-state index contributed by atoms with van der Waals surface area (Å²) >= 11 is 0. The lowest BCUT2D eigenvalue weighted by Crippen LogP contribution is -2.36. The highest BCUT2D eigenvalue weighted by Crippen LogP contribution is 2.36. The number of halogens is 6. The van der Waals surface area contributed by atoms with Gasteiger partial charge in [-0.2, -0.15) is 26.3 Å². The predicted molar refractivity (Wildman–Crippen MR) is 137 cm³/mol. The number of carbonyl (C=O) groups is 2. The molecule has 0 bridgehead atoms. The van der Waals surface area contributed by atoms with Crippen molar-refractivity contribution in [2.45, 2.75) is 18.8 Å². The molecule has 3 aromatic rings. The molecule has 1 amide bonds. The van der Waals surface area contributed by atoms with Crippen LogP contribution in [0, 0.1) is 0 Å². The first-order valence-electron chi connectivity index (χ1n) is 12.3. The van der Waals surface area contributed by atoms with Crippen LogP contribution in [0.2, 0.25) is 0 Å². The number of carbonyl (C=O) groups excluding carboxylic acids is 1. The van der Waals surface area contributed by atoms with Gasteiger partial charge in [0, 0.05) is 54.9 Å². The van der Waals surface area contributed by atoms with Gasteiger partial charge in [0.25, 0.3) is 5.91 Å². The van der Waals surface area contributed by atoms with Crippen LogP contribution in [-0.4, -0.2) is 66.0 Å². The number of ether oxygens (including phenoxy) is 1. The van der Waals surface area contributed by atoms with E-state index in [2.05, 4.69) is 15.3 Å². The van der Waals surface area contributed by atoms with Crippen LogP contribution in [0.4, 0.5) is 32.0 Å². The van der Waals surface area contributed by atoms with Crippen LogP contribution in [0.5, 0.6) is 0 Å². The number of morpholine rings is 1. The first-order valence-corrected chi connectivity index (χ1v) is 12.3. The van der Waals surface area contributed by atoms with Crippen LogP contribution in [0.3, 0.4) is 0 Å². The van der Waals surface area contributed by atoms with Crippen LogP contribution in [0.1, 0.15) is 32.9 Å².